The Bertz CT molecular complexity index is 126. The van der Waals surface area contributed by atoms with Crippen molar-refractivity contribution in [1.29, 1.82) is 0 Å². The van der Waals surface area contributed by atoms with Crippen LogP contribution in [0.1, 0.15) is 46.0 Å². The molecule has 1 fully saturated rings. The highest BCUT2D eigenvalue weighted by Gasteiger charge is 2.16. The minimum absolute atomic E-state index is 0.631. The van der Waals surface area contributed by atoms with E-state index in [0.717, 1.165) is 19.1 Å². The zero-order valence-corrected chi connectivity index (χ0v) is 9.72. The quantitative estimate of drug-likeness (QED) is 0.680. The van der Waals surface area contributed by atoms with Gasteiger partial charge in [-0.1, -0.05) is 26.7 Å². The predicted octanol–water partition coefficient (Wildman–Crippen LogP) is 2.58. The van der Waals surface area contributed by atoms with Gasteiger partial charge in [-0.2, -0.15) is 0 Å². The molecule has 1 saturated heterocycles. The van der Waals surface area contributed by atoms with Gasteiger partial charge in [-0.3, -0.25) is 0 Å². The molecule has 0 radical (unpaired) electrons. The lowest BCUT2D eigenvalue weighted by Gasteiger charge is -2.18. The van der Waals surface area contributed by atoms with Gasteiger partial charge in [0.15, 0.2) is 0 Å². The van der Waals surface area contributed by atoms with Crippen molar-refractivity contribution in [2.75, 3.05) is 19.8 Å². The highest BCUT2D eigenvalue weighted by atomic mass is 16.5. The lowest BCUT2D eigenvalue weighted by Crippen LogP contribution is -2.33. The molecule has 1 rings (SSSR count). The fraction of sp³-hybridized carbons (Fsp3) is 1.00. The van der Waals surface area contributed by atoms with Crippen LogP contribution in [-0.4, -0.2) is 25.8 Å². The minimum atomic E-state index is 0.631. The van der Waals surface area contributed by atoms with Gasteiger partial charge < -0.3 is 10.1 Å². The van der Waals surface area contributed by atoms with E-state index in [1.54, 1.807) is 0 Å². The Morgan fingerprint density at radius 3 is 2.50 bits per heavy atom. The molecule has 1 heterocycles. The smallest absolute Gasteiger partial charge is 0.0620 e. The Kier molecular flexibility index (Phi) is 6.20. The Morgan fingerprint density at radius 1 is 1.29 bits per heavy atom. The monoisotopic (exact) mass is 199 g/mol. The molecular weight excluding hydrogens is 174 g/mol. The van der Waals surface area contributed by atoms with Crippen LogP contribution >= 0.6 is 0 Å². The zero-order valence-electron chi connectivity index (χ0n) is 9.72. The van der Waals surface area contributed by atoms with Crippen LogP contribution in [0.15, 0.2) is 0 Å². The third-order valence-electron chi connectivity index (χ3n) is 3.02. The molecular formula is C12H25NO. The lowest BCUT2D eigenvalue weighted by atomic mass is 9.98. The van der Waals surface area contributed by atoms with E-state index in [2.05, 4.69) is 19.2 Å². The standard InChI is InChI=1S/C12H25NO/c1-3-5-11(6-4-2)9-13-12-7-8-14-10-12/h11-13H,3-10H2,1-2H3/t12-/m1/s1. The van der Waals surface area contributed by atoms with Crippen LogP contribution in [0, 0.1) is 5.92 Å². The molecule has 84 valence electrons. The van der Waals surface area contributed by atoms with Crippen LogP contribution in [0.2, 0.25) is 0 Å². The predicted molar refractivity (Wildman–Crippen MR) is 60.5 cm³/mol. The second kappa shape index (κ2) is 7.24. The highest BCUT2D eigenvalue weighted by Crippen LogP contribution is 2.13. The molecule has 2 nitrogen and oxygen atoms in total. The molecule has 1 N–H and O–H groups in total. The first-order valence-corrected chi connectivity index (χ1v) is 6.18. The van der Waals surface area contributed by atoms with Crippen molar-refractivity contribution >= 4 is 0 Å². The summed E-state index contributed by atoms with van der Waals surface area (Å²) in [6.07, 6.45) is 6.56. The summed E-state index contributed by atoms with van der Waals surface area (Å²) >= 11 is 0. The van der Waals surface area contributed by atoms with Crippen molar-refractivity contribution in [3.05, 3.63) is 0 Å². The first kappa shape index (κ1) is 12.0. The average Bonchev–Trinajstić information content (AvgIpc) is 2.67. The normalized spacial score (nSPS) is 22.1. The number of hydrogen-bond donors (Lipinski definition) is 1. The first-order chi connectivity index (χ1) is 6.86. The lowest BCUT2D eigenvalue weighted by molar-refractivity contribution is 0.188. The molecule has 0 spiro atoms. The van der Waals surface area contributed by atoms with E-state index in [1.165, 1.54) is 38.6 Å². The SMILES string of the molecule is CCCC(CCC)CN[C@@H]1CCOC1. The summed E-state index contributed by atoms with van der Waals surface area (Å²) < 4.78 is 5.35. The van der Waals surface area contributed by atoms with Gasteiger partial charge in [0.25, 0.3) is 0 Å². The van der Waals surface area contributed by atoms with E-state index >= 15 is 0 Å². The van der Waals surface area contributed by atoms with Crippen molar-refractivity contribution in [3.63, 3.8) is 0 Å². The molecule has 1 atom stereocenters. The fourth-order valence-electron chi connectivity index (χ4n) is 2.19. The molecule has 2 heteroatoms. The summed E-state index contributed by atoms with van der Waals surface area (Å²) in [5.74, 6) is 0.880. The second-order valence-electron chi connectivity index (χ2n) is 4.41. The molecule has 0 aromatic carbocycles. The van der Waals surface area contributed by atoms with Gasteiger partial charge in [0.05, 0.1) is 6.61 Å². The molecule has 0 unspecified atom stereocenters. The van der Waals surface area contributed by atoms with E-state index in [1.807, 2.05) is 0 Å². The molecule has 0 aromatic rings. The van der Waals surface area contributed by atoms with Crippen LogP contribution < -0.4 is 5.32 Å². The number of rotatable bonds is 7. The number of ether oxygens (including phenoxy) is 1. The van der Waals surface area contributed by atoms with Crippen molar-refractivity contribution in [1.82, 2.24) is 5.32 Å². The third-order valence-corrected chi connectivity index (χ3v) is 3.02. The Morgan fingerprint density at radius 2 is 2.00 bits per heavy atom. The second-order valence-corrected chi connectivity index (χ2v) is 4.41. The zero-order chi connectivity index (χ0) is 10.2. The van der Waals surface area contributed by atoms with Gasteiger partial charge in [0, 0.05) is 12.6 Å². The van der Waals surface area contributed by atoms with Crippen molar-refractivity contribution in [2.45, 2.75) is 52.0 Å². The molecule has 14 heavy (non-hydrogen) atoms. The van der Waals surface area contributed by atoms with E-state index in [-0.39, 0.29) is 0 Å². The Balaban J connectivity index is 2.10. The largest absolute Gasteiger partial charge is 0.380 e. The molecule has 0 saturated carbocycles. The van der Waals surface area contributed by atoms with Crippen molar-refractivity contribution in [2.24, 2.45) is 5.92 Å². The molecule has 0 aromatic heterocycles. The fourth-order valence-corrected chi connectivity index (χ4v) is 2.19. The van der Waals surface area contributed by atoms with Gasteiger partial charge >= 0.3 is 0 Å². The van der Waals surface area contributed by atoms with E-state index in [0.29, 0.717) is 6.04 Å². The van der Waals surface area contributed by atoms with Crippen LogP contribution in [-0.2, 0) is 4.74 Å². The highest BCUT2D eigenvalue weighted by molar-refractivity contribution is 4.73. The molecule has 1 aliphatic heterocycles. The first-order valence-electron chi connectivity index (χ1n) is 6.18. The summed E-state index contributed by atoms with van der Waals surface area (Å²) in [5, 5.41) is 3.63. The van der Waals surface area contributed by atoms with Crippen LogP contribution in [0.4, 0.5) is 0 Å². The number of hydrogen-bond acceptors (Lipinski definition) is 2. The molecule has 0 bridgehead atoms. The van der Waals surface area contributed by atoms with Crippen LogP contribution in [0.25, 0.3) is 0 Å². The van der Waals surface area contributed by atoms with Crippen LogP contribution in [0.5, 0.6) is 0 Å². The summed E-state index contributed by atoms with van der Waals surface area (Å²) in [4.78, 5) is 0. The molecule has 1 aliphatic rings. The minimum Gasteiger partial charge on any atom is -0.380 e. The maximum Gasteiger partial charge on any atom is 0.0620 e. The topological polar surface area (TPSA) is 21.3 Å². The maximum absolute atomic E-state index is 5.35. The molecule has 0 aliphatic carbocycles. The van der Waals surface area contributed by atoms with E-state index < -0.39 is 0 Å². The van der Waals surface area contributed by atoms with Gasteiger partial charge in [-0.25, -0.2) is 0 Å². The van der Waals surface area contributed by atoms with Crippen molar-refractivity contribution < 1.29 is 4.74 Å². The van der Waals surface area contributed by atoms with Crippen LogP contribution in [0.3, 0.4) is 0 Å². The van der Waals surface area contributed by atoms with Gasteiger partial charge in [-0.15, -0.1) is 0 Å². The average molecular weight is 199 g/mol. The molecule has 0 amide bonds. The third kappa shape index (κ3) is 4.43. The summed E-state index contributed by atoms with van der Waals surface area (Å²) in [5.41, 5.74) is 0. The Hall–Kier alpha value is -0.0800. The van der Waals surface area contributed by atoms with Crippen molar-refractivity contribution in [3.8, 4) is 0 Å². The van der Waals surface area contributed by atoms with E-state index in [9.17, 15) is 0 Å². The van der Waals surface area contributed by atoms with E-state index in [4.69, 9.17) is 4.74 Å². The van der Waals surface area contributed by atoms with Gasteiger partial charge in [-0.05, 0) is 31.7 Å². The summed E-state index contributed by atoms with van der Waals surface area (Å²) in [6.45, 7) is 7.62. The Labute approximate surface area is 88.4 Å². The van der Waals surface area contributed by atoms with Gasteiger partial charge in [0.1, 0.15) is 0 Å². The summed E-state index contributed by atoms with van der Waals surface area (Å²) in [7, 11) is 0. The number of nitrogens with one attached hydrogen (secondary N) is 1. The van der Waals surface area contributed by atoms with Gasteiger partial charge in [0.2, 0.25) is 0 Å². The summed E-state index contributed by atoms with van der Waals surface area (Å²) in [6, 6.07) is 0.631. The maximum atomic E-state index is 5.35.